The molecule has 1 heterocycles. The average Bonchev–Trinajstić information content (AvgIpc) is 3.42. The minimum Gasteiger partial charge on any atom is -0.493 e. The molecule has 5 rings (SSSR count). The van der Waals surface area contributed by atoms with Crippen molar-refractivity contribution in [3.63, 3.8) is 0 Å². The maximum Gasteiger partial charge on any atom is 0.119 e. The molecule has 146 valence electrons. The van der Waals surface area contributed by atoms with Crippen LogP contribution in [0.5, 0.6) is 11.5 Å². The molecular formula is C26H25NO2. The Morgan fingerprint density at radius 2 is 1.45 bits per heavy atom. The fourth-order valence-electron chi connectivity index (χ4n) is 4.05. The van der Waals surface area contributed by atoms with E-state index in [4.69, 9.17) is 9.47 Å². The predicted octanol–water partition coefficient (Wildman–Crippen LogP) is 6.17. The lowest BCUT2D eigenvalue weighted by atomic mass is 10.0. The zero-order valence-electron chi connectivity index (χ0n) is 16.5. The highest BCUT2D eigenvalue weighted by atomic mass is 16.5. The van der Waals surface area contributed by atoms with Gasteiger partial charge < -0.3 is 14.5 Å². The Bertz CT molecular complexity index is 1110. The van der Waals surface area contributed by atoms with Gasteiger partial charge in [0.15, 0.2) is 0 Å². The largest absolute Gasteiger partial charge is 0.493 e. The van der Waals surface area contributed by atoms with Crippen molar-refractivity contribution in [3.8, 4) is 22.6 Å². The molecule has 3 aromatic carbocycles. The van der Waals surface area contributed by atoms with Crippen molar-refractivity contribution in [1.29, 1.82) is 0 Å². The van der Waals surface area contributed by atoms with Crippen LogP contribution in [-0.2, 0) is 12.8 Å². The molecule has 4 aromatic rings. The molecule has 1 aliphatic carbocycles. The molecular weight excluding hydrogens is 358 g/mol. The lowest BCUT2D eigenvalue weighted by molar-refractivity contribution is 0.247. The summed E-state index contributed by atoms with van der Waals surface area (Å²) in [7, 11) is 0. The number of hydrogen-bond donors (Lipinski definition) is 1. The number of H-pyrrole nitrogens is 1. The highest BCUT2D eigenvalue weighted by Crippen LogP contribution is 2.27. The average molecular weight is 383 g/mol. The van der Waals surface area contributed by atoms with Crippen molar-refractivity contribution in [3.05, 3.63) is 84.1 Å². The minimum atomic E-state index is 0.652. The molecule has 0 bridgehead atoms. The van der Waals surface area contributed by atoms with Crippen LogP contribution in [0.1, 0.15) is 24.0 Å². The summed E-state index contributed by atoms with van der Waals surface area (Å²) in [6.07, 6.45) is 6.50. The molecule has 0 saturated heterocycles. The van der Waals surface area contributed by atoms with Gasteiger partial charge in [-0.05, 0) is 83.3 Å². The van der Waals surface area contributed by atoms with Crippen LogP contribution in [0.25, 0.3) is 22.0 Å². The van der Waals surface area contributed by atoms with Gasteiger partial charge in [0.1, 0.15) is 11.5 Å². The van der Waals surface area contributed by atoms with Gasteiger partial charge >= 0.3 is 0 Å². The molecule has 1 N–H and O–H groups in total. The first kappa shape index (κ1) is 17.9. The lowest BCUT2D eigenvalue weighted by Crippen LogP contribution is -2.05. The first-order valence-corrected chi connectivity index (χ1v) is 10.4. The number of benzene rings is 3. The summed E-state index contributed by atoms with van der Waals surface area (Å²) in [5.41, 5.74) is 6.49. The number of hydrogen-bond acceptors (Lipinski definition) is 2. The molecule has 0 fully saturated rings. The number of aromatic nitrogens is 1. The van der Waals surface area contributed by atoms with E-state index in [0.29, 0.717) is 13.2 Å². The van der Waals surface area contributed by atoms with Gasteiger partial charge in [0, 0.05) is 18.1 Å². The van der Waals surface area contributed by atoms with Crippen molar-refractivity contribution in [2.45, 2.75) is 25.7 Å². The second-order valence-corrected chi connectivity index (χ2v) is 7.64. The van der Waals surface area contributed by atoms with E-state index in [1.165, 1.54) is 46.9 Å². The van der Waals surface area contributed by atoms with E-state index >= 15 is 0 Å². The lowest BCUT2D eigenvalue weighted by Gasteiger charge is -2.10. The number of fused-ring (bicyclic) bond motifs is 2. The van der Waals surface area contributed by atoms with E-state index < -0.39 is 0 Å². The van der Waals surface area contributed by atoms with Gasteiger partial charge in [0.2, 0.25) is 0 Å². The van der Waals surface area contributed by atoms with Gasteiger partial charge in [0.05, 0.1) is 13.2 Å². The Balaban J connectivity index is 1.11. The predicted molar refractivity (Wildman–Crippen MR) is 118 cm³/mol. The monoisotopic (exact) mass is 383 g/mol. The molecule has 0 radical (unpaired) electrons. The van der Waals surface area contributed by atoms with Gasteiger partial charge in [0.25, 0.3) is 0 Å². The van der Waals surface area contributed by atoms with Gasteiger partial charge in [-0.15, -0.1) is 0 Å². The number of nitrogens with one attached hydrogen (secondary N) is 1. The second-order valence-electron chi connectivity index (χ2n) is 7.64. The summed E-state index contributed by atoms with van der Waals surface area (Å²) in [4.78, 5) is 3.27. The second kappa shape index (κ2) is 8.04. The highest BCUT2D eigenvalue weighted by molar-refractivity contribution is 5.84. The van der Waals surface area contributed by atoms with Crippen molar-refractivity contribution in [2.24, 2.45) is 0 Å². The zero-order valence-corrected chi connectivity index (χ0v) is 16.5. The van der Waals surface area contributed by atoms with Gasteiger partial charge in [-0.1, -0.05) is 30.3 Å². The van der Waals surface area contributed by atoms with Crippen LogP contribution in [-0.4, -0.2) is 18.2 Å². The normalized spacial score (nSPS) is 12.8. The molecule has 0 saturated carbocycles. The summed E-state index contributed by atoms with van der Waals surface area (Å²) in [5.74, 6) is 1.88. The Kier molecular flexibility index (Phi) is 4.95. The third-order valence-corrected chi connectivity index (χ3v) is 5.64. The molecule has 29 heavy (non-hydrogen) atoms. The van der Waals surface area contributed by atoms with Crippen LogP contribution in [0.15, 0.2) is 72.9 Å². The third-order valence-electron chi connectivity index (χ3n) is 5.64. The summed E-state index contributed by atoms with van der Waals surface area (Å²) in [6.45, 7) is 1.33. The molecule has 1 aromatic heterocycles. The van der Waals surface area contributed by atoms with E-state index in [-0.39, 0.29) is 0 Å². The van der Waals surface area contributed by atoms with Gasteiger partial charge in [-0.3, -0.25) is 0 Å². The quantitative estimate of drug-likeness (QED) is 0.387. The molecule has 0 unspecified atom stereocenters. The van der Waals surface area contributed by atoms with E-state index in [2.05, 4.69) is 59.6 Å². The summed E-state index contributed by atoms with van der Waals surface area (Å²) < 4.78 is 11.8. The topological polar surface area (TPSA) is 34.2 Å². The highest BCUT2D eigenvalue weighted by Gasteiger charge is 2.11. The Labute approximate surface area is 171 Å². The smallest absolute Gasteiger partial charge is 0.119 e. The minimum absolute atomic E-state index is 0.652. The van der Waals surface area contributed by atoms with Crippen LogP contribution in [0, 0.1) is 0 Å². The first-order chi connectivity index (χ1) is 14.3. The fourth-order valence-corrected chi connectivity index (χ4v) is 4.05. The van der Waals surface area contributed by atoms with E-state index in [9.17, 15) is 0 Å². The maximum atomic E-state index is 5.89. The Hall–Kier alpha value is -3.20. The van der Waals surface area contributed by atoms with E-state index in [1.807, 2.05) is 18.3 Å². The number of ether oxygens (including phenoxy) is 2. The molecule has 0 atom stereocenters. The van der Waals surface area contributed by atoms with E-state index in [0.717, 1.165) is 23.4 Å². The van der Waals surface area contributed by atoms with Gasteiger partial charge in [-0.25, -0.2) is 0 Å². The van der Waals surface area contributed by atoms with Gasteiger partial charge in [-0.2, -0.15) is 0 Å². The van der Waals surface area contributed by atoms with Crippen LogP contribution in [0.3, 0.4) is 0 Å². The zero-order chi connectivity index (χ0) is 19.5. The van der Waals surface area contributed by atoms with Crippen LogP contribution >= 0.6 is 0 Å². The number of rotatable bonds is 7. The van der Waals surface area contributed by atoms with Crippen LogP contribution in [0.2, 0.25) is 0 Å². The van der Waals surface area contributed by atoms with Crippen LogP contribution < -0.4 is 9.47 Å². The first-order valence-electron chi connectivity index (χ1n) is 10.4. The van der Waals surface area contributed by atoms with Crippen molar-refractivity contribution < 1.29 is 9.47 Å². The van der Waals surface area contributed by atoms with Crippen molar-refractivity contribution >= 4 is 10.9 Å². The SMILES string of the molecule is c1cc2ccc(-c3ccc(OCCCOc4ccc5c(c4)CCC5)cc3)cc2[nH]1. The molecule has 3 nitrogen and oxygen atoms in total. The molecule has 0 amide bonds. The number of aryl methyl sites for hydroxylation is 2. The molecule has 0 spiro atoms. The maximum absolute atomic E-state index is 5.89. The molecule has 0 aliphatic heterocycles. The Morgan fingerprint density at radius 3 is 2.34 bits per heavy atom. The van der Waals surface area contributed by atoms with Crippen molar-refractivity contribution in [2.75, 3.05) is 13.2 Å². The molecule has 1 aliphatic rings. The van der Waals surface area contributed by atoms with Crippen LogP contribution in [0.4, 0.5) is 0 Å². The summed E-state index contributed by atoms with van der Waals surface area (Å²) >= 11 is 0. The standard InChI is InChI=1S/C26H25NO2/c1-3-19-9-12-25(17-22(19)4-1)29-16-2-15-28-24-10-7-20(8-11-24)23-6-5-21-13-14-27-26(21)18-23/h5-14,17-18,27H,1-4,15-16H2. The van der Waals surface area contributed by atoms with E-state index in [1.54, 1.807) is 0 Å². The van der Waals surface area contributed by atoms with Crippen molar-refractivity contribution in [1.82, 2.24) is 4.98 Å². The number of aromatic amines is 1. The summed E-state index contributed by atoms with van der Waals surface area (Å²) in [6, 6.07) is 23.4. The fraction of sp³-hybridized carbons (Fsp3) is 0.231. The summed E-state index contributed by atoms with van der Waals surface area (Å²) in [5, 5.41) is 1.23. The Morgan fingerprint density at radius 1 is 0.690 bits per heavy atom. The third kappa shape index (κ3) is 4.00. The molecule has 3 heteroatoms.